The van der Waals surface area contributed by atoms with Crippen molar-refractivity contribution in [2.75, 3.05) is 18.6 Å². The summed E-state index contributed by atoms with van der Waals surface area (Å²) in [6, 6.07) is 13.3. The van der Waals surface area contributed by atoms with E-state index in [1.165, 1.54) is 12.1 Å². The van der Waals surface area contributed by atoms with E-state index in [0.717, 1.165) is 11.8 Å². The summed E-state index contributed by atoms with van der Waals surface area (Å²) in [4.78, 5) is 21.2. The van der Waals surface area contributed by atoms with Gasteiger partial charge in [0.2, 0.25) is 5.88 Å². The number of anilines is 1. The molecule has 0 unspecified atom stereocenters. The molecule has 2 aromatic heterocycles. The molecule has 0 aliphatic heterocycles. The molecule has 0 spiro atoms. The van der Waals surface area contributed by atoms with Crippen molar-refractivity contribution in [3.05, 3.63) is 65.5 Å². The first kappa shape index (κ1) is 22.7. The van der Waals surface area contributed by atoms with Crippen molar-refractivity contribution in [3.63, 3.8) is 0 Å². The number of hydrogen-bond acceptors (Lipinski definition) is 8. The minimum atomic E-state index is -3.32. The maximum Gasteiger partial charge on any atom is 0.270 e. The van der Waals surface area contributed by atoms with Crippen LogP contribution >= 0.6 is 0 Å². The quantitative estimate of drug-likeness (QED) is 0.556. The topological polar surface area (TPSA) is 148 Å². The maximum absolute atomic E-state index is 12.5. The van der Waals surface area contributed by atoms with Gasteiger partial charge in [0.1, 0.15) is 17.3 Å². The number of sulfone groups is 1. The number of aromatic nitrogens is 2. The fourth-order valence-electron chi connectivity index (χ4n) is 2.87. The lowest BCUT2D eigenvalue weighted by Gasteiger charge is -2.10. The number of nitrogens with two attached hydrogens (primary N) is 1. The first-order valence-electron chi connectivity index (χ1n) is 9.60. The molecule has 3 rings (SSSR count). The van der Waals surface area contributed by atoms with E-state index in [2.05, 4.69) is 15.3 Å². The Kier molecular flexibility index (Phi) is 6.70. The van der Waals surface area contributed by atoms with Gasteiger partial charge in [-0.3, -0.25) is 9.78 Å². The Labute approximate surface area is 185 Å². The van der Waals surface area contributed by atoms with Gasteiger partial charge in [0.15, 0.2) is 9.84 Å². The largest absolute Gasteiger partial charge is 0.477 e. The number of ether oxygens (including phenoxy) is 1. The van der Waals surface area contributed by atoms with Gasteiger partial charge in [-0.1, -0.05) is 18.2 Å². The van der Waals surface area contributed by atoms with Crippen LogP contribution in [0.2, 0.25) is 0 Å². The smallest absolute Gasteiger partial charge is 0.270 e. The fraction of sp³-hybridized carbons (Fsp3) is 0.182. The van der Waals surface area contributed by atoms with Gasteiger partial charge in [-0.05, 0) is 36.8 Å². The molecule has 0 fully saturated rings. The Bertz CT molecular complexity index is 1300. The van der Waals surface area contributed by atoms with E-state index >= 15 is 0 Å². The molecule has 10 heteroatoms. The lowest BCUT2D eigenvalue weighted by atomic mass is 10.1. The Morgan fingerprint density at radius 1 is 1.25 bits per heavy atom. The second-order valence-corrected chi connectivity index (χ2v) is 8.87. The lowest BCUT2D eigenvalue weighted by Crippen LogP contribution is -2.24. The van der Waals surface area contributed by atoms with Gasteiger partial charge in [-0.25, -0.2) is 13.4 Å². The van der Waals surface area contributed by atoms with Crippen molar-refractivity contribution in [2.45, 2.75) is 18.4 Å². The van der Waals surface area contributed by atoms with Crippen molar-refractivity contribution in [3.8, 4) is 23.2 Å². The Morgan fingerprint density at radius 3 is 2.66 bits per heavy atom. The number of nitrogen functional groups attached to an aromatic ring is 1. The SMILES string of the molecule is CCOc1nc(C(=O)NCc2ccc(-c3cccc(S(C)(=O)=O)c3)nc2)cc(N)c1C#N. The van der Waals surface area contributed by atoms with Crippen LogP contribution in [0.25, 0.3) is 11.3 Å². The monoisotopic (exact) mass is 451 g/mol. The molecular weight excluding hydrogens is 430 g/mol. The molecule has 0 atom stereocenters. The summed E-state index contributed by atoms with van der Waals surface area (Å²) in [5.74, 6) is -0.463. The van der Waals surface area contributed by atoms with E-state index in [1.54, 1.807) is 43.5 Å². The molecule has 9 nitrogen and oxygen atoms in total. The van der Waals surface area contributed by atoms with Crippen molar-refractivity contribution < 1.29 is 17.9 Å². The molecule has 0 radical (unpaired) electrons. The van der Waals surface area contributed by atoms with Crippen LogP contribution in [0.4, 0.5) is 5.69 Å². The van der Waals surface area contributed by atoms with Crippen LogP contribution in [0.5, 0.6) is 5.88 Å². The highest BCUT2D eigenvalue weighted by Gasteiger charge is 2.16. The van der Waals surface area contributed by atoms with Crippen molar-refractivity contribution in [1.29, 1.82) is 5.26 Å². The fourth-order valence-corrected chi connectivity index (χ4v) is 3.54. The summed E-state index contributed by atoms with van der Waals surface area (Å²) in [6.07, 6.45) is 2.74. The van der Waals surface area contributed by atoms with Crippen LogP contribution in [-0.4, -0.2) is 37.2 Å². The van der Waals surface area contributed by atoms with Gasteiger partial charge in [-0.2, -0.15) is 5.26 Å². The van der Waals surface area contributed by atoms with E-state index in [1.807, 2.05) is 6.07 Å². The zero-order chi connectivity index (χ0) is 23.3. The predicted molar refractivity (Wildman–Crippen MR) is 118 cm³/mol. The third-order valence-electron chi connectivity index (χ3n) is 4.48. The molecule has 0 saturated heterocycles. The van der Waals surface area contributed by atoms with E-state index in [-0.39, 0.29) is 40.9 Å². The first-order valence-corrected chi connectivity index (χ1v) is 11.5. The lowest BCUT2D eigenvalue weighted by molar-refractivity contribution is 0.0944. The number of carbonyl (C=O) groups is 1. The zero-order valence-corrected chi connectivity index (χ0v) is 18.3. The number of hydrogen-bond donors (Lipinski definition) is 2. The second-order valence-electron chi connectivity index (χ2n) is 6.86. The number of amides is 1. The zero-order valence-electron chi connectivity index (χ0n) is 17.5. The standard InChI is InChI=1S/C22H21N5O4S/c1-3-31-22-17(11-23)18(24)10-20(27-22)21(28)26-13-14-7-8-19(25-12-14)15-5-4-6-16(9-15)32(2,29)30/h4-10,12H,3,13H2,1-2H3,(H2,24,27)(H,26,28). The van der Waals surface area contributed by atoms with Gasteiger partial charge < -0.3 is 15.8 Å². The van der Waals surface area contributed by atoms with E-state index in [4.69, 9.17) is 10.5 Å². The Hall–Kier alpha value is -3.97. The average molecular weight is 452 g/mol. The highest BCUT2D eigenvalue weighted by molar-refractivity contribution is 7.90. The number of nitrogens with one attached hydrogen (secondary N) is 1. The number of benzene rings is 1. The molecule has 0 aliphatic carbocycles. The van der Waals surface area contributed by atoms with Gasteiger partial charge in [-0.15, -0.1) is 0 Å². The minimum Gasteiger partial charge on any atom is -0.477 e. The average Bonchev–Trinajstić information content (AvgIpc) is 2.77. The molecule has 2 heterocycles. The predicted octanol–water partition coefficient (Wildman–Crippen LogP) is 2.33. The molecule has 1 aromatic carbocycles. The molecular formula is C22H21N5O4S. The normalized spacial score (nSPS) is 10.9. The number of carbonyl (C=O) groups excluding carboxylic acids is 1. The molecule has 32 heavy (non-hydrogen) atoms. The van der Waals surface area contributed by atoms with Gasteiger partial charge in [0, 0.05) is 24.6 Å². The van der Waals surface area contributed by atoms with Gasteiger partial charge >= 0.3 is 0 Å². The van der Waals surface area contributed by atoms with Crippen LogP contribution in [0.15, 0.2) is 53.6 Å². The molecule has 3 aromatic rings. The van der Waals surface area contributed by atoms with E-state index in [0.29, 0.717) is 11.3 Å². The molecule has 3 N–H and O–H groups in total. The highest BCUT2D eigenvalue weighted by Crippen LogP contribution is 2.23. The molecule has 0 saturated carbocycles. The number of nitriles is 1. The number of rotatable bonds is 7. The Balaban J connectivity index is 1.72. The van der Waals surface area contributed by atoms with Crippen molar-refractivity contribution in [2.24, 2.45) is 0 Å². The van der Waals surface area contributed by atoms with E-state index < -0.39 is 15.7 Å². The second kappa shape index (κ2) is 9.45. The van der Waals surface area contributed by atoms with Crippen molar-refractivity contribution in [1.82, 2.24) is 15.3 Å². The molecule has 1 amide bonds. The summed E-state index contributed by atoms with van der Waals surface area (Å²) in [5.41, 5.74) is 8.08. The van der Waals surface area contributed by atoms with Crippen molar-refractivity contribution >= 4 is 21.4 Å². The summed E-state index contributed by atoms with van der Waals surface area (Å²) in [6.45, 7) is 2.19. The summed E-state index contributed by atoms with van der Waals surface area (Å²) < 4.78 is 28.8. The molecule has 0 bridgehead atoms. The third kappa shape index (κ3) is 5.19. The minimum absolute atomic E-state index is 0.0162. The van der Waals surface area contributed by atoms with Gasteiger partial charge in [0.05, 0.1) is 22.9 Å². The Morgan fingerprint density at radius 2 is 2.03 bits per heavy atom. The van der Waals surface area contributed by atoms with Crippen LogP contribution < -0.4 is 15.8 Å². The number of pyridine rings is 2. The molecule has 0 aliphatic rings. The van der Waals surface area contributed by atoms with E-state index in [9.17, 15) is 18.5 Å². The maximum atomic E-state index is 12.5. The summed E-state index contributed by atoms with van der Waals surface area (Å²) in [7, 11) is -3.32. The molecule has 164 valence electrons. The summed E-state index contributed by atoms with van der Waals surface area (Å²) >= 11 is 0. The van der Waals surface area contributed by atoms with Crippen LogP contribution in [-0.2, 0) is 16.4 Å². The van der Waals surface area contributed by atoms with Gasteiger partial charge in [0.25, 0.3) is 5.91 Å². The van der Waals surface area contributed by atoms with Crippen LogP contribution in [0, 0.1) is 11.3 Å². The highest BCUT2D eigenvalue weighted by atomic mass is 32.2. The van der Waals surface area contributed by atoms with Crippen LogP contribution in [0.3, 0.4) is 0 Å². The third-order valence-corrected chi connectivity index (χ3v) is 5.59. The van der Waals surface area contributed by atoms with Crippen LogP contribution in [0.1, 0.15) is 28.5 Å². The number of nitrogens with zero attached hydrogens (tertiary/aromatic N) is 3. The summed E-state index contributed by atoms with van der Waals surface area (Å²) in [5, 5.41) is 11.9. The first-order chi connectivity index (χ1) is 15.2.